The first-order valence-corrected chi connectivity index (χ1v) is 0. The Kier molecular flexibility index (Phi) is 7690000000. The van der Waals surface area contributed by atoms with Gasteiger partial charge in [-0.05, 0) is 0 Å². The van der Waals surface area contributed by atoms with E-state index in [2.05, 4.69) is 0 Å². The van der Waals surface area contributed by atoms with Gasteiger partial charge in [0, 0.05) is 0 Å². The number of hydrogen-bond donors (Lipinski definition) is 2. The molecule has 0 bridgehead atoms. The van der Waals surface area contributed by atoms with E-state index in [4.69, 9.17) is 0 Å². The second-order valence-corrected chi connectivity index (χ2v) is 0. The molecule has 0 aromatic heterocycles. The van der Waals surface area contributed by atoms with E-state index in [1.54, 1.807) is 0 Å². The van der Waals surface area contributed by atoms with Crippen molar-refractivity contribution in [2.75, 3.05) is 0 Å². The maximum Gasteiger partial charge on any atom is 4.00 e. The molecule has 0 saturated heterocycles. The third-order valence-corrected chi connectivity index (χ3v) is 0. The van der Waals surface area contributed by atoms with Gasteiger partial charge in [-0.15, -0.1) is 0 Å². The van der Waals surface area contributed by atoms with Crippen molar-refractivity contribution >= 4 is 17.6 Å². The fraction of sp³-hybridized carbons (Fsp3) is 0. The Labute approximate surface area is 59.1 Å². The van der Waals surface area contributed by atoms with Gasteiger partial charge in [-0.3, -0.25) is 9.41 Å². The predicted octanol–water partition coefficient (Wildman–Crippen LogP) is -11.7. The van der Waals surface area contributed by atoms with Crippen LogP contribution >= 0.6 is 0 Å². The average molecular weight is 223 g/mol. The van der Waals surface area contributed by atoms with Crippen molar-refractivity contribution < 1.29 is 28.2 Å². The minimum Gasteiger partial charge on any atom is -1.00 e. The summed E-state index contributed by atoms with van der Waals surface area (Å²) in [5.41, 5.74) is 0. The normalized spacial score (nSPS) is 0. The van der Waals surface area contributed by atoms with Gasteiger partial charge in [0.2, 0.25) is 0 Å². The number of hydrogen-bond acceptors (Lipinski definition) is 2. The molecule has 9 heavy (non-hydrogen) atoms. The smallest absolute Gasteiger partial charge is 1.00 e. The van der Waals surface area contributed by atoms with E-state index in [-0.39, 0.29) is 58.1 Å². The summed E-state index contributed by atoms with van der Waals surface area (Å²) in [6.45, 7) is 0. The summed E-state index contributed by atoms with van der Waals surface area (Å²) in [6.07, 6.45) is 0. The summed E-state index contributed by atoms with van der Waals surface area (Å²) in [7, 11) is 0. The van der Waals surface area contributed by atoms with Crippen molar-refractivity contribution in [1.29, 1.82) is 0 Å². The molecule has 0 aromatic rings. The molecule has 0 spiro atoms. The third-order valence-electron chi connectivity index (χ3n) is 0. The van der Waals surface area contributed by atoms with Gasteiger partial charge in [0.05, 0.1) is 0 Å². The standard InChI is InChI=1S/6FH.Ge.2H3N/h6*1H;;2*1H3/q;;;;;;+4;;/p-4. The van der Waals surface area contributed by atoms with Gasteiger partial charge in [0.25, 0.3) is 0 Å². The van der Waals surface area contributed by atoms with E-state index in [9.17, 15) is 0 Å². The molecule has 0 amide bonds. The maximum absolute atomic E-state index is 0. The Bertz CT molecular complexity index is 11.0. The van der Waals surface area contributed by atoms with E-state index in [1.165, 1.54) is 0 Å². The molecule has 2 nitrogen and oxygen atoms in total. The van der Waals surface area contributed by atoms with Crippen molar-refractivity contribution in [3.63, 3.8) is 0 Å². The molecule has 0 saturated carbocycles. The van der Waals surface area contributed by atoms with E-state index in [1.807, 2.05) is 0 Å². The van der Waals surface area contributed by atoms with E-state index < -0.39 is 0 Å². The van der Waals surface area contributed by atoms with Gasteiger partial charge in [0.15, 0.2) is 0 Å². The van der Waals surface area contributed by atoms with Crippen molar-refractivity contribution in [2.24, 2.45) is 0 Å². The van der Waals surface area contributed by atoms with E-state index in [0.717, 1.165) is 0 Å². The van der Waals surface area contributed by atoms with Crippen molar-refractivity contribution in [3.8, 4) is 0 Å². The predicted molar refractivity (Wildman–Crippen MR) is 20.8 cm³/mol. The van der Waals surface area contributed by atoms with Gasteiger partial charge >= 0.3 is 17.6 Å². The van der Waals surface area contributed by atoms with Crippen molar-refractivity contribution in [2.45, 2.75) is 0 Å². The number of halogens is 6. The van der Waals surface area contributed by atoms with Crippen LogP contribution in [0.5, 0.6) is 0 Å². The van der Waals surface area contributed by atoms with Crippen LogP contribution in [0.2, 0.25) is 0 Å². The van der Waals surface area contributed by atoms with Crippen LogP contribution in [0.3, 0.4) is 0 Å². The van der Waals surface area contributed by atoms with E-state index >= 15 is 0 Å². The summed E-state index contributed by atoms with van der Waals surface area (Å²) in [5, 5.41) is 0. The first kappa shape index (κ1) is 318000. The Morgan fingerprint density at radius 2 is 0.444 bits per heavy atom. The molecular formula is H8F6GeN2. The Balaban J connectivity index is 0. The molecule has 0 aliphatic carbocycles. The molecule has 0 aliphatic rings. The second kappa shape index (κ2) is 217000. The largest absolute Gasteiger partial charge is 4.00 e. The molecule has 0 aliphatic heterocycles. The maximum atomic E-state index is 0. The molecule has 0 aromatic carbocycles. The topological polar surface area (TPSA) is 70.0 Å². The summed E-state index contributed by atoms with van der Waals surface area (Å²) in [5.74, 6) is 0. The minimum atomic E-state index is 0. The molecule has 0 rings (SSSR count). The zero-order valence-electron chi connectivity index (χ0n) is 4.24. The van der Waals surface area contributed by atoms with Gasteiger partial charge in [-0.1, -0.05) is 0 Å². The molecule has 0 heterocycles. The monoisotopic (exact) mass is 224 g/mol. The summed E-state index contributed by atoms with van der Waals surface area (Å²) in [6, 6.07) is 0. The fourth-order valence-electron chi connectivity index (χ4n) is 0. The molecule has 0 unspecified atom stereocenters. The molecule has 0 atom stereocenters. The first-order valence-electron chi connectivity index (χ1n) is 0. The zero-order chi connectivity index (χ0) is 0. The fourth-order valence-corrected chi connectivity index (χ4v) is 0. The molecule has 64 valence electrons. The average Bonchev–Trinajstić information content (AvgIpc) is 0. The summed E-state index contributed by atoms with van der Waals surface area (Å²) < 4.78 is 0. The molecular weight excluding hydrogens is 215 g/mol. The van der Waals surface area contributed by atoms with Gasteiger partial charge < -0.3 is 31.1 Å². The quantitative estimate of drug-likeness (QED) is 0.316. The van der Waals surface area contributed by atoms with Crippen LogP contribution in [0, 0.1) is 0 Å². The van der Waals surface area contributed by atoms with Gasteiger partial charge in [-0.2, -0.15) is 0 Å². The molecule has 0 radical (unpaired) electrons. The van der Waals surface area contributed by atoms with Gasteiger partial charge in [0.1, 0.15) is 0 Å². The third kappa shape index (κ3) is 160000. The van der Waals surface area contributed by atoms with Crippen LogP contribution < -0.4 is 31.1 Å². The Hall–Kier alpha value is 0.0429. The molecule has 9 heteroatoms. The van der Waals surface area contributed by atoms with Gasteiger partial charge in [-0.25, -0.2) is 0 Å². The molecule has 0 fully saturated rings. The Morgan fingerprint density at radius 1 is 0.444 bits per heavy atom. The van der Waals surface area contributed by atoms with Crippen molar-refractivity contribution in [1.82, 2.24) is 12.3 Å². The second-order valence-electron chi connectivity index (χ2n) is 0. The summed E-state index contributed by atoms with van der Waals surface area (Å²) in [4.78, 5) is 0. The van der Waals surface area contributed by atoms with Crippen LogP contribution in [0.25, 0.3) is 0 Å². The SMILES string of the molecule is F.F.N.N.[F-].[F-].[F-].[F-].[Ge+4]. The van der Waals surface area contributed by atoms with Crippen molar-refractivity contribution in [3.05, 3.63) is 0 Å². The van der Waals surface area contributed by atoms with Crippen LogP contribution in [-0.2, 0) is 0 Å². The number of rotatable bonds is 0. The summed E-state index contributed by atoms with van der Waals surface area (Å²) >= 11 is 0. The van der Waals surface area contributed by atoms with E-state index in [0.29, 0.717) is 0 Å². The first-order chi connectivity index (χ1) is 0. The Morgan fingerprint density at radius 3 is 0.444 bits per heavy atom. The van der Waals surface area contributed by atoms with Crippen LogP contribution in [0.4, 0.5) is 9.41 Å². The van der Waals surface area contributed by atoms with Crippen LogP contribution in [0.1, 0.15) is 0 Å². The van der Waals surface area contributed by atoms with Crippen LogP contribution in [0.15, 0.2) is 0 Å². The zero-order valence-corrected chi connectivity index (χ0v) is 6.34. The minimum absolute atomic E-state index is 0. The van der Waals surface area contributed by atoms with Crippen LogP contribution in [-0.4, -0.2) is 17.6 Å². The molecule has 6 N–H and O–H groups in total.